The molecule has 0 fully saturated rings. The number of rotatable bonds is 14. The predicted molar refractivity (Wildman–Crippen MR) is 144 cm³/mol. The summed E-state index contributed by atoms with van der Waals surface area (Å²) < 4.78 is 36.1. The molecule has 3 aromatic rings. The van der Waals surface area contributed by atoms with Gasteiger partial charge in [-0.2, -0.15) is 0 Å². The van der Waals surface area contributed by atoms with E-state index in [-0.39, 0.29) is 0 Å². The Bertz CT molecular complexity index is 1040. The Kier molecular flexibility index (Phi) is 10.2. The summed E-state index contributed by atoms with van der Waals surface area (Å²) in [7, 11) is 0. The maximum absolute atomic E-state index is 6.16. The quantitative estimate of drug-likeness (QED) is 0.233. The van der Waals surface area contributed by atoms with Gasteiger partial charge in [0.05, 0.1) is 39.6 Å². The normalized spacial score (nSPS) is 10.6. The summed E-state index contributed by atoms with van der Waals surface area (Å²) in [5.41, 5.74) is 3.79. The molecule has 36 heavy (non-hydrogen) atoms. The first kappa shape index (κ1) is 27.1. The molecule has 0 spiro atoms. The van der Waals surface area contributed by atoms with Gasteiger partial charge in [0.1, 0.15) is 0 Å². The van der Waals surface area contributed by atoms with Gasteiger partial charge in [0, 0.05) is 11.1 Å². The average Bonchev–Trinajstić information content (AvgIpc) is 2.88. The lowest BCUT2D eigenvalue weighted by Gasteiger charge is -2.22. The predicted octanol–water partition coefficient (Wildman–Crippen LogP) is 7.41. The lowest BCUT2D eigenvalue weighted by atomic mass is 9.92. The Hall–Kier alpha value is -3.54. The van der Waals surface area contributed by atoms with Crippen molar-refractivity contribution in [3.8, 4) is 56.8 Å². The maximum Gasteiger partial charge on any atom is 0.204 e. The molecule has 0 heterocycles. The van der Waals surface area contributed by atoms with E-state index in [0.29, 0.717) is 74.1 Å². The van der Waals surface area contributed by atoms with Gasteiger partial charge in [-0.05, 0) is 76.9 Å². The van der Waals surface area contributed by atoms with Crippen molar-refractivity contribution in [1.82, 2.24) is 0 Å². The molecule has 0 bridgehead atoms. The molecule has 0 amide bonds. The fourth-order valence-electron chi connectivity index (χ4n) is 4.14. The number of benzene rings is 3. The van der Waals surface area contributed by atoms with Gasteiger partial charge in [0.2, 0.25) is 11.5 Å². The Balaban J connectivity index is 2.30. The first-order chi connectivity index (χ1) is 17.6. The average molecular weight is 495 g/mol. The Morgan fingerprint density at radius 3 is 1.03 bits per heavy atom. The molecule has 194 valence electrons. The van der Waals surface area contributed by atoms with E-state index in [9.17, 15) is 0 Å². The molecule has 0 saturated heterocycles. The minimum Gasteiger partial charge on any atom is -0.490 e. The van der Waals surface area contributed by atoms with Crippen molar-refractivity contribution in [2.45, 2.75) is 41.5 Å². The summed E-state index contributed by atoms with van der Waals surface area (Å²) in [6.45, 7) is 14.8. The van der Waals surface area contributed by atoms with Gasteiger partial charge in [0.25, 0.3) is 0 Å². The molecule has 0 atom stereocenters. The van der Waals surface area contributed by atoms with Crippen LogP contribution in [0.25, 0.3) is 22.3 Å². The molecule has 6 heteroatoms. The van der Waals surface area contributed by atoms with Crippen molar-refractivity contribution in [2.75, 3.05) is 39.6 Å². The number of hydrogen-bond acceptors (Lipinski definition) is 6. The van der Waals surface area contributed by atoms with Gasteiger partial charge in [-0.25, -0.2) is 0 Å². The summed E-state index contributed by atoms with van der Waals surface area (Å²) in [6.07, 6.45) is 0. The molecule has 3 rings (SSSR count). The van der Waals surface area contributed by atoms with E-state index < -0.39 is 0 Å². The molecule has 6 nitrogen and oxygen atoms in total. The topological polar surface area (TPSA) is 55.4 Å². The molecule has 0 unspecified atom stereocenters. The van der Waals surface area contributed by atoms with Crippen molar-refractivity contribution in [3.63, 3.8) is 0 Å². The zero-order valence-electron chi connectivity index (χ0n) is 22.3. The summed E-state index contributed by atoms with van der Waals surface area (Å²) in [6, 6.07) is 16.1. The van der Waals surface area contributed by atoms with E-state index in [1.807, 2.05) is 77.9 Å². The first-order valence-corrected chi connectivity index (χ1v) is 12.8. The molecule has 0 aliphatic rings. The molecule has 0 N–H and O–H groups in total. The smallest absolute Gasteiger partial charge is 0.204 e. The highest BCUT2D eigenvalue weighted by Crippen LogP contribution is 2.50. The molecular formula is C30H38O6. The monoisotopic (exact) mass is 494 g/mol. The van der Waals surface area contributed by atoms with Gasteiger partial charge in [-0.1, -0.05) is 24.3 Å². The van der Waals surface area contributed by atoms with E-state index in [2.05, 4.69) is 12.1 Å². The van der Waals surface area contributed by atoms with Crippen molar-refractivity contribution in [3.05, 3.63) is 48.5 Å². The highest BCUT2D eigenvalue weighted by molar-refractivity contribution is 5.91. The van der Waals surface area contributed by atoms with Gasteiger partial charge in [-0.15, -0.1) is 0 Å². The van der Waals surface area contributed by atoms with Crippen LogP contribution in [0.1, 0.15) is 41.5 Å². The van der Waals surface area contributed by atoms with Gasteiger partial charge >= 0.3 is 0 Å². The minimum atomic E-state index is 0.493. The van der Waals surface area contributed by atoms with Crippen LogP contribution < -0.4 is 28.4 Å². The number of ether oxygens (including phenoxy) is 6. The van der Waals surface area contributed by atoms with Crippen LogP contribution in [0.2, 0.25) is 0 Å². The molecular weight excluding hydrogens is 456 g/mol. The molecule has 0 aliphatic carbocycles. The first-order valence-electron chi connectivity index (χ1n) is 12.8. The second kappa shape index (κ2) is 13.5. The lowest BCUT2D eigenvalue weighted by molar-refractivity contribution is 0.261. The Morgan fingerprint density at radius 2 is 0.694 bits per heavy atom. The third-order valence-electron chi connectivity index (χ3n) is 5.41. The van der Waals surface area contributed by atoms with E-state index in [0.717, 1.165) is 22.3 Å². The molecule has 3 aromatic carbocycles. The molecule has 0 saturated carbocycles. The Morgan fingerprint density at radius 1 is 0.361 bits per heavy atom. The molecule has 0 aromatic heterocycles. The SMILES string of the molecule is CCOc1ccc(-c2ccccc2-c2ccc(OCC)c(OCC)c2OCC)c(OCC)c1OCC. The van der Waals surface area contributed by atoms with Crippen molar-refractivity contribution < 1.29 is 28.4 Å². The zero-order chi connectivity index (χ0) is 25.9. The van der Waals surface area contributed by atoms with Crippen LogP contribution in [0, 0.1) is 0 Å². The summed E-state index contributed by atoms with van der Waals surface area (Å²) in [4.78, 5) is 0. The maximum atomic E-state index is 6.16. The van der Waals surface area contributed by atoms with Crippen LogP contribution in [-0.2, 0) is 0 Å². The van der Waals surface area contributed by atoms with E-state index in [1.54, 1.807) is 0 Å². The minimum absolute atomic E-state index is 0.493. The van der Waals surface area contributed by atoms with E-state index in [4.69, 9.17) is 28.4 Å². The van der Waals surface area contributed by atoms with Crippen LogP contribution >= 0.6 is 0 Å². The van der Waals surface area contributed by atoms with Crippen LogP contribution in [0.5, 0.6) is 34.5 Å². The highest BCUT2D eigenvalue weighted by atomic mass is 16.5. The standard InChI is InChI=1S/C30H38O6/c1-7-31-25-19-17-23(27(33-9-3)29(25)35-11-5)21-15-13-14-16-22(21)24-18-20-26(32-8-2)30(36-12-6)28(24)34-10-4/h13-20H,7-12H2,1-6H3. The second-order valence-corrected chi connectivity index (χ2v) is 7.68. The van der Waals surface area contributed by atoms with Crippen LogP contribution in [-0.4, -0.2) is 39.6 Å². The van der Waals surface area contributed by atoms with Crippen LogP contribution in [0.15, 0.2) is 48.5 Å². The van der Waals surface area contributed by atoms with Gasteiger partial charge in [-0.3, -0.25) is 0 Å². The Labute approximate surface area is 215 Å². The third kappa shape index (κ3) is 5.81. The molecule has 0 radical (unpaired) electrons. The number of hydrogen-bond donors (Lipinski definition) is 0. The zero-order valence-corrected chi connectivity index (χ0v) is 22.3. The lowest BCUT2D eigenvalue weighted by Crippen LogP contribution is -2.05. The van der Waals surface area contributed by atoms with Crippen molar-refractivity contribution in [1.29, 1.82) is 0 Å². The largest absolute Gasteiger partial charge is 0.490 e. The molecule has 0 aliphatic heterocycles. The highest BCUT2D eigenvalue weighted by Gasteiger charge is 2.24. The van der Waals surface area contributed by atoms with Gasteiger partial charge < -0.3 is 28.4 Å². The van der Waals surface area contributed by atoms with E-state index in [1.165, 1.54) is 0 Å². The van der Waals surface area contributed by atoms with Crippen molar-refractivity contribution in [2.24, 2.45) is 0 Å². The van der Waals surface area contributed by atoms with Crippen LogP contribution in [0.3, 0.4) is 0 Å². The fourth-order valence-corrected chi connectivity index (χ4v) is 4.14. The fraction of sp³-hybridized carbons (Fsp3) is 0.400. The second-order valence-electron chi connectivity index (χ2n) is 7.68. The summed E-state index contributed by atoms with van der Waals surface area (Å²) in [5, 5.41) is 0. The van der Waals surface area contributed by atoms with Crippen molar-refractivity contribution >= 4 is 0 Å². The van der Waals surface area contributed by atoms with E-state index >= 15 is 0 Å². The van der Waals surface area contributed by atoms with Crippen LogP contribution in [0.4, 0.5) is 0 Å². The third-order valence-corrected chi connectivity index (χ3v) is 5.41. The summed E-state index contributed by atoms with van der Waals surface area (Å²) >= 11 is 0. The van der Waals surface area contributed by atoms with Gasteiger partial charge in [0.15, 0.2) is 23.0 Å². The summed E-state index contributed by atoms with van der Waals surface area (Å²) in [5.74, 6) is 3.87.